The lowest BCUT2D eigenvalue weighted by Crippen LogP contribution is -2.33. The third kappa shape index (κ3) is 2.93. The van der Waals surface area contributed by atoms with Gasteiger partial charge < -0.3 is 20.4 Å². The van der Waals surface area contributed by atoms with Crippen molar-refractivity contribution in [3.63, 3.8) is 0 Å². The van der Waals surface area contributed by atoms with Crippen LogP contribution >= 0.6 is 0 Å². The minimum atomic E-state index is -1.22. The van der Waals surface area contributed by atoms with Gasteiger partial charge in [0.1, 0.15) is 0 Å². The molecule has 5 nitrogen and oxygen atoms in total. The van der Waals surface area contributed by atoms with Crippen LogP contribution in [0.1, 0.15) is 38.5 Å². The normalized spacial score (nSPS) is 50.8. The summed E-state index contributed by atoms with van der Waals surface area (Å²) in [4.78, 5) is 0. The van der Waals surface area contributed by atoms with Gasteiger partial charge >= 0.3 is 0 Å². The van der Waals surface area contributed by atoms with Gasteiger partial charge in [-0.15, -0.1) is 0 Å². The van der Waals surface area contributed by atoms with Gasteiger partial charge in [-0.05, 0) is 38.5 Å². The Hall–Kier alpha value is -0.0100. The van der Waals surface area contributed by atoms with Crippen molar-refractivity contribution in [2.75, 3.05) is 0 Å². The van der Waals surface area contributed by atoms with Gasteiger partial charge in [-0.3, -0.25) is 4.21 Å². The fraction of sp³-hybridized carbons (Fsp3) is 1.00. The molecule has 0 aromatic carbocycles. The molecule has 0 aliphatic carbocycles. The van der Waals surface area contributed by atoms with Gasteiger partial charge in [-0.2, -0.15) is 0 Å². The lowest BCUT2D eigenvalue weighted by Gasteiger charge is -2.21. The molecule has 2 saturated heterocycles. The van der Waals surface area contributed by atoms with E-state index in [-0.39, 0.29) is 10.5 Å². The lowest BCUT2D eigenvalue weighted by atomic mass is 9.95. The van der Waals surface area contributed by atoms with E-state index in [0.29, 0.717) is 38.5 Å². The van der Waals surface area contributed by atoms with Crippen molar-refractivity contribution in [1.82, 2.24) is 0 Å². The Morgan fingerprint density at radius 3 is 1.33 bits per heavy atom. The predicted molar refractivity (Wildman–Crippen MR) is 67.4 cm³/mol. The van der Waals surface area contributed by atoms with Crippen LogP contribution in [0.25, 0.3) is 0 Å². The van der Waals surface area contributed by atoms with Crippen molar-refractivity contribution in [2.24, 2.45) is 0 Å². The van der Waals surface area contributed by atoms with Gasteiger partial charge in [0.05, 0.1) is 34.9 Å². The Balaban J connectivity index is 2.12. The van der Waals surface area contributed by atoms with Crippen molar-refractivity contribution < 1.29 is 24.6 Å². The average Bonchev–Trinajstić information content (AvgIpc) is 2.72. The molecule has 0 saturated carbocycles. The van der Waals surface area contributed by atoms with Crippen molar-refractivity contribution >= 4 is 10.8 Å². The molecule has 18 heavy (non-hydrogen) atoms. The lowest BCUT2D eigenvalue weighted by molar-refractivity contribution is -0.00649. The van der Waals surface area contributed by atoms with Gasteiger partial charge in [-0.1, -0.05) is 0 Å². The second kappa shape index (κ2) is 5.96. The first-order valence-electron chi connectivity index (χ1n) is 6.62. The number of aliphatic hydroxyl groups excluding tert-OH is 4. The second-order valence-corrected chi connectivity index (χ2v) is 7.27. The monoisotopic (exact) mass is 278 g/mol. The molecule has 0 radical (unpaired) electrons. The van der Waals surface area contributed by atoms with Gasteiger partial charge in [0, 0.05) is 10.8 Å². The maximum atomic E-state index is 12.2. The van der Waals surface area contributed by atoms with E-state index < -0.39 is 35.2 Å². The van der Waals surface area contributed by atoms with Crippen molar-refractivity contribution in [3.05, 3.63) is 0 Å². The molecule has 0 spiro atoms. The summed E-state index contributed by atoms with van der Waals surface area (Å²) in [6, 6.07) is 0. The number of fused-ring (bicyclic) bond motifs is 2. The quantitative estimate of drug-likeness (QED) is 0.469. The number of rotatable bonds is 0. The molecule has 6 heteroatoms. The van der Waals surface area contributed by atoms with Crippen LogP contribution in [0.5, 0.6) is 0 Å². The molecule has 4 N–H and O–H groups in total. The molecule has 2 aliphatic heterocycles. The molecular weight excluding hydrogens is 256 g/mol. The summed E-state index contributed by atoms with van der Waals surface area (Å²) in [6.45, 7) is 0. The summed E-state index contributed by atoms with van der Waals surface area (Å²) in [5.41, 5.74) is 0. The first-order valence-corrected chi connectivity index (χ1v) is 7.90. The molecule has 106 valence electrons. The highest BCUT2D eigenvalue weighted by Gasteiger charge is 2.41. The van der Waals surface area contributed by atoms with Gasteiger partial charge in [-0.25, -0.2) is 0 Å². The Bertz CT molecular complexity index is 283. The minimum Gasteiger partial charge on any atom is -0.392 e. The summed E-state index contributed by atoms with van der Waals surface area (Å²) in [6.07, 6.45) is -0.579. The van der Waals surface area contributed by atoms with Crippen LogP contribution in [0.3, 0.4) is 0 Å². The largest absolute Gasteiger partial charge is 0.392 e. The van der Waals surface area contributed by atoms with Crippen LogP contribution < -0.4 is 0 Å². The summed E-state index contributed by atoms with van der Waals surface area (Å²) >= 11 is 0. The number of hydrogen-bond donors (Lipinski definition) is 4. The SMILES string of the molecule is O=S1C2CCC1C(O)CCC(O)C(O)CCC2O. The fourth-order valence-corrected chi connectivity index (χ4v) is 5.00. The van der Waals surface area contributed by atoms with Crippen LogP contribution in [0.2, 0.25) is 0 Å². The van der Waals surface area contributed by atoms with Crippen LogP contribution in [-0.2, 0) is 10.8 Å². The maximum Gasteiger partial charge on any atom is 0.0800 e. The first-order chi connectivity index (χ1) is 8.50. The topological polar surface area (TPSA) is 98.0 Å². The zero-order chi connectivity index (χ0) is 13.3. The highest BCUT2D eigenvalue weighted by atomic mass is 32.2. The van der Waals surface area contributed by atoms with Gasteiger partial charge in [0.25, 0.3) is 0 Å². The number of aliphatic hydroxyl groups is 4. The zero-order valence-electron chi connectivity index (χ0n) is 10.3. The molecule has 2 aliphatic rings. The van der Waals surface area contributed by atoms with E-state index in [0.717, 1.165) is 0 Å². The Kier molecular flexibility index (Phi) is 4.77. The molecule has 6 unspecified atom stereocenters. The highest BCUT2D eigenvalue weighted by Crippen LogP contribution is 2.32. The van der Waals surface area contributed by atoms with E-state index in [1.165, 1.54) is 0 Å². The molecule has 0 aromatic heterocycles. The third-order valence-electron chi connectivity index (χ3n) is 4.15. The van der Waals surface area contributed by atoms with E-state index >= 15 is 0 Å². The van der Waals surface area contributed by atoms with Gasteiger partial charge in [0.15, 0.2) is 0 Å². The molecule has 2 heterocycles. The summed E-state index contributed by atoms with van der Waals surface area (Å²) in [5, 5.41) is 38.8. The third-order valence-corrected chi connectivity index (χ3v) is 6.44. The average molecular weight is 278 g/mol. The second-order valence-electron chi connectivity index (χ2n) is 5.41. The van der Waals surface area contributed by atoms with E-state index in [1.54, 1.807) is 0 Å². The van der Waals surface area contributed by atoms with Crippen LogP contribution in [0, 0.1) is 0 Å². The summed E-state index contributed by atoms with van der Waals surface area (Å²) < 4.78 is 12.2. The van der Waals surface area contributed by atoms with Crippen LogP contribution in [0.4, 0.5) is 0 Å². The molecule has 2 fully saturated rings. The highest BCUT2D eigenvalue weighted by molar-refractivity contribution is 7.86. The summed E-state index contributed by atoms with van der Waals surface area (Å²) in [5.74, 6) is 0. The number of hydrogen-bond acceptors (Lipinski definition) is 5. The Morgan fingerprint density at radius 2 is 0.944 bits per heavy atom. The molecule has 0 aromatic rings. The van der Waals surface area contributed by atoms with Crippen molar-refractivity contribution in [2.45, 2.75) is 73.4 Å². The Morgan fingerprint density at radius 1 is 0.611 bits per heavy atom. The van der Waals surface area contributed by atoms with E-state index in [2.05, 4.69) is 0 Å². The standard InChI is InChI=1S/C12H22O5S/c13-7-1-3-9(15)11-5-6-12(18(11)17)10(16)4-2-8(7)14/h7-16H,1-6H2. The van der Waals surface area contributed by atoms with Crippen LogP contribution in [0.15, 0.2) is 0 Å². The fourth-order valence-electron chi connectivity index (χ4n) is 2.92. The molecule has 2 bridgehead atoms. The molecular formula is C12H22O5S. The van der Waals surface area contributed by atoms with Crippen LogP contribution in [-0.4, -0.2) is 59.6 Å². The first kappa shape index (κ1) is 14.4. The molecule has 0 amide bonds. The Labute approximate surface area is 109 Å². The van der Waals surface area contributed by atoms with Crippen molar-refractivity contribution in [3.8, 4) is 0 Å². The smallest absolute Gasteiger partial charge is 0.0800 e. The molecule has 6 atom stereocenters. The minimum absolute atomic E-state index is 0.299. The zero-order valence-corrected chi connectivity index (χ0v) is 11.1. The maximum absolute atomic E-state index is 12.2. The molecule has 2 rings (SSSR count). The van der Waals surface area contributed by atoms with Gasteiger partial charge in [0.2, 0.25) is 0 Å². The van der Waals surface area contributed by atoms with E-state index in [1.807, 2.05) is 0 Å². The summed E-state index contributed by atoms with van der Waals surface area (Å²) in [7, 11) is -1.22. The predicted octanol–water partition coefficient (Wildman–Crippen LogP) is -0.716. The van der Waals surface area contributed by atoms with E-state index in [9.17, 15) is 24.6 Å². The van der Waals surface area contributed by atoms with E-state index in [4.69, 9.17) is 0 Å². The van der Waals surface area contributed by atoms with Crippen molar-refractivity contribution in [1.29, 1.82) is 0 Å².